The second-order valence-electron chi connectivity index (χ2n) is 3.96. The van der Waals surface area contributed by atoms with Gasteiger partial charge in [-0.25, -0.2) is 8.78 Å². The average Bonchev–Trinajstić information content (AvgIpc) is 2.40. The van der Waals surface area contributed by atoms with Gasteiger partial charge in [0, 0.05) is 7.11 Å². The summed E-state index contributed by atoms with van der Waals surface area (Å²) in [7, 11) is 1.60. The van der Waals surface area contributed by atoms with Gasteiger partial charge in [0.15, 0.2) is 11.6 Å². The maximum absolute atomic E-state index is 13.0. The Morgan fingerprint density at radius 3 is 2.42 bits per heavy atom. The summed E-state index contributed by atoms with van der Waals surface area (Å²) in [6.07, 6.45) is 0. The van der Waals surface area contributed by atoms with E-state index in [2.05, 4.69) is 0 Å². The van der Waals surface area contributed by atoms with Crippen molar-refractivity contribution in [2.24, 2.45) is 5.73 Å². The zero-order chi connectivity index (χ0) is 14.1. The average molecular weight is 275 g/mol. The molecule has 4 nitrogen and oxygen atoms in total. The fraction of sp³-hybridized carbons (Fsp3) is 0.538. The van der Waals surface area contributed by atoms with Gasteiger partial charge in [0.05, 0.1) is 39.1 Å². The van der Waals surface area contributed by atoms with Crippen LogP contribution in [0.2, 0.25) is 0 Å². The van der Waals surface area contributed by atoms with Gasteiger partial charge >= 0.3 is 0 Å². The summed E-state index contributed by atoms with van der Waals surface area (Å²) >= 11 is 0. The number of hydrogen-bond acceptors (Lipinski definition) is 4. The van der Waals surface area contributed by atoms with Gasteiger partial charge in [-0.2, -0.15) is 0 Å². The van der Waals surface area contributed by atoms with Crippen molar-refractivity contribution < 1.29 is 23.0 Å². The second kappa shape index (κ2) is 8.92. The smallest absolute Gasteiger partial charge is 0.159 e. The van der Waals surface area contributed by atoms with Crippen molar-refractivity contribution in [3.63, 3.8) is 0 Å². The van der Waals surface area contributed by atoms with Gasteiger partial charge in [0.25, 0.3) is 0 Å². The first kappa shape index (κ1) is 16.0. The number of hydrogen-bond donors (Lipinski definition) is 1. The molecule has 0 aliphatic rings. The third-order valence-corrected chi connectivity index (χ3v) is 2.47. The van der Waals surface area contributed by atoms with Crippen LogP contribution in [-0.4, -0.2) is 40.1 Å². The van der Waals surface area contributed by atoms with E-state index in [1.54, 1.807) is 7.11 Å². The Labute approximate surface area is 111 Å². The molecule has 1 rings (SSSR count). The standard InChI is InChI=1S/C13H19F2NO3/c1-17-4-5-18-6-7-19-9-13(16)10-2-3-11(14)12(15)8-10/h2-3,8,13H,4-7,9,16H2,1H3. The molecule has 0 spiro atoms. The largest absolute Gasteiger partial charge is 0.382 e. The quantitative estimate of drug-likeness (QED) is 0.696. The predicted octanol–water partition coefficient (Wildman–Crippen LogP) is 1.64. The van der Waals surface area contributed by atoms with E-state index < -0.39 is 17.7 Å². The number of methoxy groups -OCH3 is 1. The Morgan fingerprint density at radius 1 is 1.05 bits per heavy atom. The lowest BCUT2D eigenvalue weighted by atomic mass is 10.1. The third-order valence-electron chi connectivity index (χ3n) is 2.47. The number of halogens is 2. The molecule has 0 fully saturated rings. The zero-order valence-corrected chi connectivity index (χ0v) is 10.9. The van der Waals surface area contributed by atoms with Gasteiger partial charge < -0.3 is 19.9 Å². The molecule has 1 atom stereocenters. The maximum atomic E-state index is 13.0. The molecule has 0 saturated heterocycles. The summed E-state index contributed by atoms with van der Waals surface area (Å²) in [6.45, 7) is 2.09. The highest BCUT2D eigenvalue weighted by Gasteiger charge is 2.09. The minimum Gasteiger partial charge on any atom is -0.382 e. The van der Waals surface area contributed by atoms with Gasteiger partial charge in [0.2, 0.25) is 0 Å². The van der Waals surface area contributed by atoms with E-state index in [-0.39, 0.29) is 6.61 Å². The first-order valence-corrected chi connectivity index (χ1v) is 6.00. The highest BCUT2D eigenvalue weighted by molar-refractivity contribution is 5.20. The van der Waals surface area contributed by atoms with Crippen LogP contribution in [-0.2, 0) is 14.2 Å². The molecular weight excluding hydrogens is 256 g/mol. The third kappa shape index (κ3) is 6.07. The van der Waals surface area contributed by atoms with E-state index in [0.717, 1.165) is 12.1 Å². The lowest BCUT2D eigenvalue weighted by Crippen LogP contribution is -2.19. The summed E-state index contributed by atoms with van der Waals surface area (Å²) in [5.41, 5.74) is 6.30. The van der Waals surface area contributed by atoms with Crippen LogP contribution in [0.4, 0.5) is 8.78 Å². The molecule has 0 heterocycles. The van der Waals surface area contributed by atoms with Crippen LogP contribution in [0.1, 0.15) is 11.6 Å². The molecular formula is C13H19F2NO3. The number of ether oxygens (including phenoxy) is 3. The summed E-state index contributed by atoms with van der Waals surface area (Å²) in [5, 5.41) is 0. The molecule has 19 heavy (non-hydrogen) atoms. The number of rotatable bonds is 9. The van der Waals surface area contributed by atoms with Crippen molar-refractivity contribution in [2.45, 2.75) is 6.04 Å². The SMILES string of the molecule is COCCOCCOCC(N)c1ccc(F)c(F)c1. The summed E-state index contributed by atoms with van der Waals surface area (Å²) in [6, 6.07) is 3.09. The first-order chi connectivity index (χ1) is 9.15. The molecule has 0 bridgehead atoms. The molecule has 0 aliphatic heterocycles. The van der Waals surface area contributed by atoms with Crippen LogP contribution in [0.15, 0.2) is 18.2 Å². The van der Waals surface area contributed by atoms with Crippen molar-refractivity contribution in [3.8, 4) is 0 Å². The van der Waals surface area contributed by atoms with Crippen molar-refractivity contribution in [1.82, 2.24) is 0 Å². The Bertz CT molecular complexity index is 377. The van der Waals surface area contributed by atoms with Gasteiger partial charge in [-0.15, -0.1) is 0 Å². The monoisotopic (exact) mass is 275 g/mol. The van der Waals surface area contributed by atoms with Crippen LogP contribution in [0.3, 0.4) is 0 Å². The molecule has 0 aromatic heterocycles. The molecule has 1 aromatic rings. The summed E-state index contributed by atoms with van der Waals surface area (Å²) < 4.78 is 41.0. The molecule has 1 unspecified atom stereocenters. The molecule has 0 amide bonds. The van der Waals surface area contributed by atoms with Crippen molar-refractivity contribution in [1.29, 1.82) is 0 Å². The minimum atomic E-state index is -0.907. The fourth-order valence-corrected chi connectivity index (χ4v) is 1.41. The molecule has 108 valence electrons. The second-order valence-corrected chi connectivity index (χ2v) is 3.96. The van der Waals surface area contributed by atoms with Crippen molar-refractivity contribution in [3.05, 3.63) is 35.4 Å². The topological polar surface area (TPSA) is 53.7 Å². The predicted molar refractivity (Wildman–Crippen MR) is 66.8 cm³/mol. The van der Waals surface area contributed by atoms with Crippen molar-refractivity contribution in [2.75, 3.05) is 40.1 Å². The Hall–Kier alpha value is -1.08. The van der Waals surface area contributed by atoms with Gasteiger partial charge in [0.1, 0.15) is 0 Å². The first-order valence-electron chi connectivity index (χ1n) is 6.00. The van der Waals surface area contributed by atoms with E-state index in [1.807, 2.05) is 0 Å². The van der Waals surface area contributed by atoms with Crippen LogP contribution >= 0.6 is 0 Å². The zero-order valence-electron chi connectivity index (χ0n) is 10.9. The van der Waals surface area contributed by atoms with Gasteiger partial charge in [-0.1, -0.05) is 6.07 Å². The van der Waals surface area contributed by atoms with Crippen molar-refractivity contribution >= 4 is 0 Å². The Kier molecular flexibility index (Phi) is 7.50. The van der Waals surface area contributed by atoms with E-state index in [0.29, 0.717) is 32.0 Å². The maximum Gasteiger partial charge on any atom is 0.159 e. The lowest BCUT2D eigenvalue weighted by molar-refractivity contribution is 0.0215. The Morgan fingerprint density at radius 2 is 1.74 bits per heavy atom. The van der Waals surface area contributed by atoms with E-state index in [9.17, 15) is 8.78 Å². The normalized spacial score (nSPS) is 12.6. The molecule has 0 radical (unpaired) electrons. The molecule has 0 aliphatic carbocycles. The lowest BCUT2D eigenvalue weighted by Gasteiger charge is -2.13. The molecule has 6 heteroatoms. The minimum absolute atomic E-state index is 0.221. The van der Waals surface area contributed by atoms with E-state index >= 15 is 0 Å². The van der Waals surface area contributed by atoms with E-state index in [1.165, 1.54) is 6.07 Å². The van der Waals surface area contributed by atoms with E-state index in [4.69, 9.17) is 19.9 Å². The number of benzene rings is 1. The van der Waals surface area contributed by atoms with Crippen LogP contribution in [0, 0.1) is 11.6 Å². The highest BCUT2D eigenvalue weighted by atomic mass is 19.2. The van der Waals surface area contributed by atoms with Crippen LogP contribution < -0.4 is 5.73 Å². The molecule has 2 N–H and O–H groups in total. The van der Waals surface area contributed by atoms with Crippen LogP contribution in [0.5, 0.6) is 0 Å². The van der Waals surface area contributed by atoms with Gasteiger partial charge in [-0.3, -0.25) is 0 Å². The highest BCUT2D eigenvalue weighted by Crippen LogP contribution is 2.14. The summed E-state index contributed by atoms with van der Waals surface area (Å²) in [4.78, 5) is 0. The molecule has 0 saturated carbocycles. The number of nitrogens with two attached hydrogens (primary N) is 1. The molecule has 1 aromatic carbocycles. The van der Waals surface area contributed by atoms with Crippen LogP contribution in [0.25, 0.3) is 0 Å². The fourth-order valence-electron chi connectivity index (χ4n) is 1.41. The van der Waals surface area contributed by atoms with Gasteiger partial charge in [-0.05, 0) is 17.7 Å². The summed E-state index contributed by atoms with van der Waals surface area (Å²) in [5.74, 6) is -1.79. The Balaban J connectivity index is 2.20.